The van der Waals surface area contributed by atoms with Gasteiger partial charge in [0.05, 0.1) is 13.2 Å². The highest BCUT2D eigenvalue weighted by Gasteiger charge is 2.45. The average molecular weight is 263 g/mol. The predicted molar refractivity (Wildman–Crippen MR) is 64.3 cm³/mol. The molecule has 1 aromatic rings. The third-order valence-corrected chi connectivity index (χ3v) is 3.30. The Morgan fingerprint density at radius 1 is 1.11 bits per heavy atom. The lowest BCUT2D eigenvalue weighted by Gasteiger charge is -2.39. The molecule has 4 atom stereocenters. The van der Waals surface area contributed by atoms with E-state index in [9.17, 15) is 9.70 Å². The number of hydrogen-bond acceptors (Lipinski definition) is 6. The Morgan fingerprint density at radius 3 is 2.63 bits per heavy atom. The fourth-order valence-electron chi connectivity index (χ4n) is 2.27. The molecular weight excluding hydrogens is 250 g/mol. The van der Waals surface area contributed by atoms with Crippen LogP contribution in [0.2, 0.25) is 0 Å². The van der Waals surface area contributed by atoms with Gasteiger partial charge in [0, 0.05) is 5.56 Å². The third-order valence-electron chi connectivity index (χ3n) is 3.30. The van der Waals surface area contributed by atoms with E-state index in [1.165, 1.54) is 0 Å². The lowest BCUT2D eigenvalue weighted by atomic mass is 9.99. The van der Waals surface area contributed by atoms with Gasteiger partial charge in [-0.15, -0.1) is 4.91 Å². The van der Waals surface area contributed by atoms with Crippen molar-refractivity contribution in [1.29, 1.82) is 0 Å². The molecule has 0 amide bonds. The number of nitroso groups, excluding NO2 is 1. The van der Waals surface area contributed by atoms with E-state index >= 15 is 0 Å². The van der Waals surface area contributed by atoms with Crippen LogP contribution in [0.4, 0.5) is 0 Å². The zero-order valence-electron chi connectivity index (χ0n) is 10.1. The zero-order chi connectivity index (χ0) is 13.2. The van der Waals surface area contributed by atoms with Crippen LogP contribution in [0.15, 0.2) is 35.5 Å². The Balaban J connectivity index is 1.77. The molecule has 1 aromatic carbocycles. The minimum Gasteiger partial charge on any atom is -0.370 e. The van der Waals surface area contributed by atoms with Crippen molar-refractivity contribution in [3.8, 4) is 0 Å². The van der Waals surface area contributed by atoms with E-state index in [1.807, 2.05) is 30.3 Å². The van der Waals surface area contributed by atoms with E-state index in [0.717, 1.165) is 5.56 Å². The quantitative estimate of drug-likeness (QED) is 0.749. The number of ether oxygens (including phenoxy) is 3. The number of carbonyl (C=O) groups is 1. The Morgan fingerprint density at radius 2 is 1.89 bits per heavy atom. The van der Waals surface area contributed by atoms with Gasteiger partial charge in [0.1, 0.15) is 12.2 Å². The van der Waals surface area contributed by atoms with Crippen LogP contribution in [0.1, 0.15) is 11.9 Å². The topological polar surface area (TPSA) is 74.2 Å². The maximum absolute atomic E-state index is 12.0. The molecule has 3 rings (SSSR count). The van der Waals surface area contributed by atoms with Gasteiger partial charge in [0.25, 0.3) is 0 Å². The molecule has 0 bridgehead atoms. The number of fused-ring (bicyclic) bond motifs is 1. The molecule has 0 aliphatic carbocycles. The van der Waals surface area contributed by atoms with Crippen molar-refractivity contribution in [3.63, 3.8) is 0 Å². The molecule has 2 aliphatic rings. The molecule has 0 saturated carbocycles. The number of Topliss-reactive ketones (excluding diaryl/α,β-unsaturated/α-hetero) is 1. The minimum atomic E-state index is -0.976. The number of benzene rings is 1. The van der Waals surface area contributed by atoms with Crippen LogP contribution in [-0.4, -0.2) is 37.2 Å². The molecule has 100 valence electrons. The summed E-state index contributed by atoms with van der Waals surface area (Å²) < 4.78 is 16.5. The normalized spacial score (nSPS) is 34.6. The van der Waals surface area contributed by atoms with Crippen LogP contribution in [0.3, 0.4) is 0 Å². The van der Waals surface area contributed by atoms with E-state index in [1.54, 1.807) is 0 Å². The fraction of sp³-hybridized carbons (Fsp3) is 0.462. The molecule has 0 radical (unpaired) electrons. The Hall–Kier alpha value is -1.63. The second kappa shape index (κ2) is 5.16. The maximum Gasteiger partial charge on any atom is 0.194 e. The molecule has 19 heavy (non-hydrogen) atoms. The summed E-state index contributed by atoms with van der Waals surface area (Å²) in [6.07, 6.45) is -1.85. The van der Waals surface area contributed by atoms with Gasteiger partial charge in [-0.3, -0.25) is 4.79 Å². The maximum atomic E-state index is 12.0. The Bertz CT molecular complexity index is 477. The Kier molecular flexibility index (Phi) is 3.37. The van der Waals surface area contributed by atoms with Gasteiger partial charge in [-0.25, -0.2) is 0 Å². The molecule has 2 fully saturated rings. The SMILES string of the molecule is O=N[C@H]1CO[C@@H]2CO[C@@H](c3ccccc3)OC2C1=O. The first-order chi connectivity index (χ1) is 9.29. The van der Waals surface area contributed by atoms with Crippen molar-refractivity contribution in [1.82, 2.24) is 0 Å². The summed E-state index contributed by atoms with van der Waals surface area (Å²) in [6.45, 7) is 0.272. The highest BCUT2D eigenvalue weighted by Crippen LogP contribution is 2.30. The van der Waals surface area contributed by atoms with Crippen molar-refractivity contribution in [2.45, 2.75) is 24.5 Å². The smallest absolute Gasteiger partial charge is 0.194 e. The van der Waals surface area contributed by atoms with Crippen molar-refractivity contribution in [3.05, 3.63) is 40.8 Å². The van der Waals surface area contributed by atoms with Gasteiger partial charge in [0.2, 0.25) is 0 Å². The van der Waals surface area contributed by atoms with Crippen LogP contribution in [0.5, 0.6) is 0 Å². The average Bonchev–Trinajstić information content (AvgIpc) is 2.48. The van der Waals surface area contributed by atoms with Gasteiger partial charge in [-0.05, 0) is 0 Å². The van der Waals surface area contributed by atoms with Gasteiger partial charge < -0.3 is 14.2 Å². The zero-order valence-corrected chi connectivity index (χ0v) is 10.1. The molecule has 2 saturated heterocycles. The lowest BCUT2D eigenvalue weighted by Crippen LogP contribution is -2.55. The Labute approximate surface area is 109 Å². The number of ketones is 1. The van der Waals surface area contributed by atoms with Crippen molar-refractivity contribution in [2.75, 3.05) is 13.2 Å². The number of nitrogens with zero attached hydrogens (tertiary/aromatic N) is 1. The number of carbonyl (C=O) groups excluding carboxylic acids is 1. The molecule has 6 heteroatoms. The second-order valence-corrected chi connectivity index (χ2v) is 4.53. The largest absolute Gasteiger partial charge is 0.370 e. The molecule has 1 unspecified atom stereocenters. The summed E-state index contributed by atoms with van der Waals surface area (Å²) in [5.41, 5.74) is 0.829. The lowest BCUT2D eigenvalue weighted by molar-refractivity contribution is -0.268. The molecular formula is C13H13NO5. The molecule has 0 spiro atoms. The second-order valence-electron chi connectivity index (χ2n) is 4.53. The van der Waals surface area contributed by atoms with E-state index in [-0.39, 0.29) is 19.0 Å². The highest BCUT2D eigenvalue weighted by molar-refractivity contribution is 5.89. The molecule has 2 aliphatic heterocycles. The summed E-state index contributed by atoms with van der Waals surface area (Å²) in [5, 5.41) is 2.77. The molecule has 6 nitrogen and oxygen atoms in total. The van der Waals surface area contributed by atoms with Gasteiger partial charge in [0.15, 0.2) is 18.1 Å². The van der Waals surface area contributed by atoms with Crippen molar-refractivity contribution in [2.24, 2.45) is 5.18 Å². The molecule has 2 heterocycles. The number of hydrogen-bond donors (Lipinski definition) is 0. The summed E-state index contributed by atoms with van der Waals surface area (Å²) in [6, 6.07) is 8.35. The van der Waals surface area contributed by atoms with E-state index in [0.29, 0.717) is 0 Å². The third kappa shape index (κ3) is 2.30. The first-order valence-electron chi connectivity index (χ1n) is 6.09. The predicted octanol–water partition coefficient (Wildman–Crippen LogP) is 1.20. The standard InChI is InChI=1S/C13H13NO5/c15-11-9(14-16)6-17-10-7-18-13(19-12(10)11)8-4-2-1-3-5-8/h1-5,9-10,12-13H,6-7H2/t9-,10+,12?,13+/m0/s1. The molecule has 0 N–H and O–H groups in total. The summed E-state index contributed by atoms with van der Waals surface area (Å²) in [5.74, 6) is -0.324. The first kappa shape index (κ1) is 12.4. The van der Waals surface area contributed by atoms with Crippen LogP contribution in [0, 0.1) is 4.91 Å². The summed E-state index contributed by atoms with van der Waals surface area (Å²) >= 11 is 0. The van der Waals surface area contributed by atoms with Crippen molar-refractivity contribution < 1.29 is 19.0 Å². The van der Waals surface area contributed by atoms with Gasteiger partial charge in [-0.1, -0.05) is 35.5 Å². The summed E-state index contributed by atoms with van der Waals surface area (Å²) in [4.78, 5) is 22.6. The van der Waals surface area contributed by atoms with Gasteiger partial charge >= 0.3 is 0 Å². The fourth-order valence-corrected chi connectivity index (χ4v) is 2.27. The van der Waals surface area contributed by atoms with Crippen LogP contribution < -0.4 is 0 Å². The van der Waals surface area contributed by atoms with Gasteiger partial charge in [-0.2, -0.15) is 0 Å². The highest BCUT2D eigenvalue weighted by atomic mass is 16.7. The first-order valence-corrected chi connectivity index (χ1v) is 6.09. The van der Waals surface area contributed by atoms with Crippen molar-refractivity contribution >= 4 is 5.78 Å². The summed E-state index contributed by atoms with van der Waals surface area (Å²) in [7, 11) is 0. The van der Waals surface area contributed by atoms with E-state index in [2.05, 4.69) is 5.18 Å². The van der Waals surface area contributed by atoms with E-state index < -0.39 is 24.5 Å². The van der Waals surface area contributed by atoms with Crippen LogP contribution in [-0.2, 0) is 19.0 Å². The van der Waals surface area contributed by atoms with Crippen LogP contribution in [0.25, 0.3) is 0 Å². The molecule has 0 aromatic heterocycles. The van der Waals surface area contributed by atoms with E-state index in [4.69, 9.17) is 14.2 Å². The minimum absolute atomic E-state index is 0.00617. The number of rotatable bonds is 2. The van der Waals surface area contributed by atoms with Crippen LogP contribution >= 0.6 is 0 Å². The monoisotopic (exact) mass is 263 g/mol.